The summed E-state index contributed by atoms with van der Waals surface area (Å²) in [4.78, 5) is 38.9. The van der Waals surface area contributed by atoms with Crippen LogP contribution in [0.2, 0.25) is 5.02 Å². The van der Waals surface area contributed by atoms with Crippen LogP contribution in [-0.2, 0) is 25.5 Å². The number of rotatable bonds is 4. The predicted molar refractivity (Wildman–Crippen MR) is 102 cm³/mol. The van der Waals surface area contributed by atoms with Crippen LogP contribution in [0, 0.1) is 0 Å². The summed E-state index contributed by atoms with van der Waals surface area (Å²) >= 11 is 6.04. The molecule has 0 saturated heterocycles. The Balaban J connectivity index is 2.29. The van der Waals surface area contributed by atoms with Gasteiger partial charge in [-0.3, -0.25) is 9.69 Å². The average molecular weight is 397 g/mol. The lowest BCUT2D eigenvalue weighted by molar-refractivity contribution is -0.143. The van der Waals surface area contributed by atoms with Crippen molar-refractivity contribution in [2.75, 3.05) is 12.0 Å². The molecule has 0 radical (unpaired) electrons. The lowest BCUT2D eigenvalue weighted by Gasteiger charge is -2.29. The van der Waals surface area contributed by atoms with Crippen LogP contribution in [0.25, 0.3) is 0 Å². The van der Waals surface area contributed by atoms with Gasteiger partial charge in [0.15, 0.2) is 0 Å². The SMILES string of the molecule is CC[C@H](NC(=O)OC(C)(C)C)C(=O)N1c2ccc(Cl)cc2C[C@H]1C(=O)OC. The number of ether oxygens (including phenoxy) is 2. The molecule has 1 aromatic rings. The number of alkyl carbamates (subject to hydrolysis) is 1. The minimum atomic E-state index is -0.839. The van der Waals surface area contributed by atoms with E-state index in [1.165, 1.54) is 12.0 Å². The predicted octanol–water partition coefficient (Wildman–Crippen LogP) is 3.07. The number of halogens is 1. The molecular formula is C19H25ClN2O5. The molecular weight excluding hydrogens is 372 g/mol. The molecule has 1 aromatic carbocycles. The van der Waals surface area contributed by atoms with E-state index < -0.39 is 35.7 Å². The Kier molecular flexibility index (Phi) is 6.36. The highest BCUT2D eigenvalue weighted by atomic mass is 35.5. The van der Waals surface area contributed by atoms with Gasteiger partial charge < -0.3 is 14.8 Å². The van der Waals surface area contributed by atoms with Crippen LogP contribution < -0.4 is 10.2 Å². The summed E-state index contributed by atoms with van der Waals surface area (Å²) in [7, 11) is 1.28. The standard InChI is InChI=1S/C19H25ClN2O5/c1-6-13(21-18(25)27-19(2,3)4)16(23)22-14-8-7-12(20)9-11(14)10-15(22)17(24)26-5/h7-9,13,15H,6,10H2,1-5H3,(H,21,25)/t13-,15-/m0/s1. The van der Waals surface area contributed by atoms with Crippen LogP contribution in [0.5, 0.6) is 0 Å². The van der Waals surface area contributed by atoms with Gasteiger partial charge in [-0.25, -0.2) is 9.59 Å². The lowest BCUT2D eigenvalue weighted by Crippen LogP contribution is -2.53. The Bertz CT molecular complexity index is 744. The van der Waals surface area contributed by atoms with Gasteiger partial charge in [0, 0.05) is 17.1 Å². The molecule has 2 rings (SSSR count). The summed E-state index contributed by atoms with van der Waals surface area (Å²) in [6.45, 7) is 6.99. The van der Waals surface area contributed by atoms with Crippen molar-refractivity contribution in [3.05, 3.63) is 28.8 Å². The van der Waals surface area contributed by atoms with Crippen LogP contribution >= 0.6 is 11.6 Å². The van der Waals surface area contributed by atoms with Crippen molar-refractivity contribution in [2.45, 2.75) is 58.2 Å². The van der Waals surface area contributed by atoms with Gasteiger partial charge >= 0.3 is 12.1 Å². The Labute approximate surface area is 163 Å². The molecule has 1 heterocycles. The fraction of sp³-hybridized carbons (Fsp3) is 0.526. The molecule has 1 N–H and O–H groups in total. The highest BCUT2D eigenvalue weighted by Gasteiger charge is 2.41. The molecule has 2 atom stereocenters. The highest BCUT2D eigenvalue weighted by molar-refractivity contribution is 6.30. The average Bonchev–Trinajstić information content (AvgIpc) is 2.95. The van der Waals surface area contributed by atoms with Crippen molar-refractivity contribution in [1.29, 1.82) is 0 Å². The first-order valence-corrected chi connectivity index (χ1v) is 9.14. The number of amides is 2. The number of nitrogens with zero attached hydrogens (tertiary/aromatic N) is 1. The van der Waals surface area contributed by atoms with Crippen molar-refractivity contribution in [3.8, 4) is 0 Å². The van der Waals surface area contributed by atoms with Crippen molar-refractivity contribution in [1.82, 2.24) is 5.32 Å². The van der Waals surface area contributed by atoms with Gasteiger partial charge in [0.25, 0.3) is 5.91 Å². The van der Waals surface area contributed by atoms with E-state index in [4.69, 9.17) is 21.1 Å². The van der Waals surface area contributed by atoms with Gasteiger partial charge in [-0.1, -0.05) is 18.5 Å². The zero-order valence-corrected chi connectivity index (χ0v) is 16.9. The van der Waals surface area contributed by atoms with E-state index in [2.05, 4.69) is 5.32 Å². The van der Waals surface area contributed by atoms with Crippen LogP contribution in [0.1, 0.15) is 39.7 Å². The lowest BCUT2D eigenvalue weighted by atomic mass is 10.1. The molecule has 0 aromatic heterocycles. The number of benzene rings is 1. The third-order valence-corrected chi connectivity index (χ3v) is 4.37. The number of anilines is 1. The van der Waals surface area contributed by atoms with E-state index in [0.717, 1.165) is 5.56 Å². The van der Waals surface area contributed by atoms with Gasteiger partial charge in [-0.15, -0.1) is 0 Å². The van der Waals surface area contributed by atoms with Crippen LogP contribution in [0.4, 0.5) is 10.5 Å². The molecule has 2 amide bonds. The zero-order chi connectivity index (χ0) is 20.4. The highest BCUT2D eigenvalue weighted by Crippen LogP contribution is 2.35. The van der Waals surface area contributed by atoms with E-state index >= 15 is 0 Å². The first kappa shape index (κ1) is 21.0. The van der Waals surface area contributed by atoms with E-state index in [-0.39, 0.29) is 0 Å². The molecule has 8 heteroatoms. The Hall–Kier alpha value is -2.28. The molecule has 0 fully saturated rings. The van der Waals surface area contributed by atoms with E-state index in [1.807, 2.05) is 0 Å². The summed E-state index contributed by atoms with van der Waals surface area (Å²) in [6.07, 6.45) is -0.0457. The minimum Gasteiger partial charge on any atom is -0.467 e. The van der Waals surface area contributed by atoms with Crippen molar-refractivity contribution in [2.24, 2.45) is 0 Å². The second kappa shape index (κ2) is 8.17. The van der Waals surface area contributed by atoms with Gasteiger partial charge in [0.1, 0.15) is 17.7 Å². The Morgan fingerprint density at radius 1 is 1.33 bits per heavy atom. The van der Waals surface area contributed by atoms with Crippen molar-refractivity contribution < 1.29 is 23.9 Å². The molecule has 0 bridgehead atoms. The maximum Gasteiger partial charge on any atom is 0.408 e. The van der Waals surface area contributed by atoms with Crippen molar-refractivity contribution in [3.63, 3.8) is 0 Å². The van der Waals surface area contributed by atoms with E-state index in [1.54, 1.807) is 45.9 Å². The second-order valence-corrected chi connectivity index (χ2v) is 7.77. The van der Waals surface area contributed by atoms with Gasteiger partial charge in [-0.05, 0) is 51.0 Å². The Morgan fingerprint density at radius 2 is 2.00 bits per heavy atom. The zero-order valence-electron chi connectivity index (χ0n) is 16.2. The van der Waals surface area contributed by atoms with Gasteiger partial charge in [0.05, 0.1) is 7.11 Å². The molecule has 148 valence electrons. The number of carbonyl (C=O) groups is 3. The van der Waals surface area contributed by atoms with Crippen molar-refractivity contribution >= 4 is 35.3 Å². The van der Waals surface area contributed by atoms with E-state index in [0.29, 0.717) is 23.6 Å². The number of nitrogens with one attached hydrogen (secondary N) is 1. The Morgan fingerprint density at radius 3 is 2.56 bits per heavy atom. The number of carbonyl (C=O) groups excluding carboxylic acids is 3. The molecule has 1 aliphatic heterocycles. The summed E-state index contributed by atoms with van der Waals surface area (Å²) in [5.41, 5.74) is 0.680. The smallest absolute Gasteiger partial charge is 0.408 e. The maximum atomic E-state index is 13.2. The fourth-order valence-corrected chi connectivity index (χ4v) is 3.17. The van der Waals surface area contributed by atoms with E-state index in [9.17, 15) is 14.4 Å². The number of hydrogen-bond acceptors (Lipinski definition) is 5. The van der Waals surface area contributed by atoms with Crippen LogP contribution in [0.15, 0.2) is 18.2 Å². The third-order valence-electron chi connectivity index (χ3n) is 4.13. The number of methoxy groups -OCH3 is 1. The molecule has 0 unspecified atom stereocenters. The summed E-state index contributed by atoms with van der Waals surface area (Å²) in [5, 5.41) is 3.11. The largest absolute Gasteiger partial charge is 0.467 e. The normalized spacial score (nSPS) is 17.1. The molecule has 0 spiro atoms. The maximum absolute atomic E-state index is 13.2. The van der Waals surface area contributed by atoms with Gasteiger partial charge in [-0.2, -0.15) is 0 Å². The minimum absolute atomic E-state index is 0.303. The number of hydrogen-bond donors (Lipinski definition) is 1. The van der Waals surface area contributed by atoms with Gasteiger partial charge in [0.2, 0.25) is 0 Å². The quantitative estimate of drug-likeness (QED) is 0.790. The topological polar surface area (TPSA) is 84.9 Å². The first-order valence-electron chi connectivity index (χ1n) is 8.76. The third kappa shape index (κ3) is 4.91. The molecule has 1 aliphatic rings. The molecule has 0 aliphatic carbocycles. The molecule has 7 nitrogen and oxygen atoms in total. The molecule has 27 heavy (non-hydrogen) atoms. The summed E-state index contributed by atoms with van der Waals surface area (Å²) in [5.74, 6) is -0.928. The monoisotopic (exact) mass is 396 g/mol. The fourth-order valence-electron chi connectivity index (χ4n) is 2.97. The summed E-state index contributed by atoms with van der Waals surface area (Å²) in [6, 6.07) is 3.43. The van der Waals surface area contributed by atoms with Crippen LogP contribution in [-0.4, -0.2) is 42.8 Å². The number of esters is 1. The first-order chi connectivity index (χ1) is 12.6. The second-order valence-electron chi connectivity index (χ2n) is 7.33. The molecule has 0 saturated carbocycles. The van der Waals surface area contributed by atoms with Crippen LogP contribution in [0.3, 0.4) is 0 Å². The number of fused-ring (bicyclic) bond motifs is 1. The summed E-state index contributed by atoms with van der Waals surface area (Å²) < 4.78 is 10.1.